The lowest BCUT2D eigenvalue weighted by Gasteiger charge is -2.34. The number of hydrogen-bond acceptors (Lipinski definition) is 7. The second-order valence-electron chi connectivity index (χ2n) is 7.71. The third-order valence-electron chi connectivity index (χ3n) is 5.53. The molecule has 34 heavy (non-hydrogen) atoms. The molecule has 1 fully saturated rings. The summed E-state index contributed by atoms with van der Waals surface area (Å²) in [7, 11) is 1.63. The summed E-state index contributed by atoms with van der Waals surface area (Å²) in [5.74, 6) is 1.14. The van der Waals surface area contributed by atoms with Crippen LogP contribution in [0.1, 0.15) is 17.3 Å². The lowest BCUT2D eigenvalue weighted by Crippen LogP contribution is -2.50. The first-order valence-electron chi connectivity index (χ1n) is 11.1. The molecule has 1 saturated heterocycles. The van der Waals surface area contributed by atoms with Gasteiger partial charge in [0.05, 0.1) is 13.7 Å². The van der Waals surface area contributed by atoms with Gasteiger partial charge in [0.15, 0.2) is 0 Å². The van der Waals surface area contributed by atoms with Gasteiger partial charge in [-0.3, -0.25) is 4.79 Å². The second-order valence-corrected chi connectivity index (χ2v) is 7.71. The van der Waals surface area contributed by atoms with E-state index < -0.39 is 0 Å². The molecule has 176 valence electrons. The molecule has 0 spiro atoms. The number of hydrogen-bond donors (Lipinski definition) is 1. The summed E-state index contributed by atoms with van der Waals surface area (Å²) in [6, 6.07) is 14.9. The zero-order valence-electron chi connectivity index (χ0n) is 19.2. The fourth-order valence-electron chi connectivity index (χ4n) is 3.67. The third kappa shape index (κ3) is 5.43. The lowest BCUT2D eigenvalue weighted by atomic mass is 10.1. The van der Waals surface area contributed by atoms with E-state index >= 15 is 0 Å². The van der Waals surface area contributed by atoms with Crippen molar-refractivity contribution in [3.8, 4) is 16.9 Å². The van der Waals surface area contributed by atoms with Gasteiger partial charge < -0.3 is 24.6 Å². The highest BCUT2D eigenvalue weighted by Crippen LogP contribution is 2.22. The Bertz CT molecular complexity index is 1130. The zero-order valence-corrected chi connectivity index (χ0v) is 19.2. The highest BCUT2D eigenvalue weighted by Gasteiger charge is 2.25. The third-order valence-corrected chi connectivity index (χ3v) is 5.53. The predicted molar refractivity (Wildman–Crippen MR) is 128 cm³/mol. The van der Waals surface area contributed by atoms with Crippen LogP contribution in [0.15, 0.2) is 60.9 Å². The summed E-state index contributed by atoms with van der Waals surface area (Å²) in [6.45, 7) is 3.95. The van der Waals surface area contributed by atoms with E-state index in [2.05, 4.69) is 15.3 Å². The van der Waals surface area contributed by atoms with E-state index in [0.717, 1.165) is 16.9 Å². The van der Waals surface area contributed by atoms with Crippen LogP contribution in [0.2, 0.25) is 0 Å². The molecule has 9 heteroatoms. The van der Waals surface area contributed by atoms with Gasteiger partial charge in [-0.25, -0.2) is 14.8 Å². The van der Waals surface area contributed by atoms with Crippen molar-refractivity contribution in [2.24, 2.45) is 0 Å². The molecule has 2 amide bonds. The van der Waals surface area contributed by atoms with Crippen LogP contribution in [0.4, 0.5) is 16.4 Å². The standard InChI is InChI=1S/C25H27N5O4/c1-3-34-25(32)30-13-11-29(12-14-30)23(31)19-5-4-6-21(15-19)28-24-26-16-20(17-27-24)18-7-9-22(33-2)10-8-18/h4-10,15-17H,3,11-14H2,1-2H3,(H,26,27,28). The van der Waals surface area contributed by atoms with Crippen molar-refractivity contribution < 1.29 is 19.1 Å². The molecule has 1 aliphatic heterocycles. The number of anilines is 2. The van der Waals surface area contributed by atoms with E-state index in [1.165, 1.54) is 0 Å². The van der Waals surface area contributed by atoms with Crippen LogP contribution in [-0.2, 0) is 4.74 Å². The molecule has 0 unspecified atom stereocenters. The number of ether oxygens (including phenoxy) is 2. The van der Waals surface area contributed by atoms with Gasteiger partial charge in [-0.1, -0.05) is 18.2 Å². The van der Waals surface area contributed by atoms with Crippen LogP contribution in [0.5, 0.6) is 5.75 Å². The minimum Gasteiger partial charge on any atom is -0.497 e. The number of amides is 2. The largest absolute Gasteiger partial charge is 0.497 e. The van der Waals surface area contributed by atoms with Crippen molar-refractivity contribution in [1.29, 1.82) is 0 Å². The van der Waals surface area contributed by atoms with Crippen LogP contribution in [0.25, 0.3) is 11.1 Å². The lowest BCUT2D eigenvalue weighted by molar-refractivity contribution is 0.0570. The van der Waals surface area contributed by atoms with E-state index in [1.807, 2.05) is 36.4 Å². The molecule has 1 N–H and O–H groups in total. The first-order valence-corrected chi connectivity index (χ1v) is 11.1. The van der Waals surface area contributed by atoms with Crippen molar-refractivity contribution in [1.82, 2.24) is 19.8 Å². The van der Waals surface area contributed by atoms with Gasteiger partial charge in [-0.15, -0.1) is 0 Å². The SMILES string of the molecule is CCOC(=O)N1CCN(C(=O)c2cccc(Nc3ncc(-c4ccc(OC)cc4)cn3)c2)CC1. The van der Waals surface area contributed by atoms with Crippen molar-refractivity contribution in [2.75, 3.05) is 45.2 Å². The van der Waals surface area contributed by atoms with Crippen molar-refractivity contribution in [3.05, 3.63) is 66.5 Å². The summed E-state index contributed by atoms with van der Waals surface area (Å²) < 4.78 is 10.2. The van der Waals surface area contributed by atoms with E-state index in [1.54, 1.807) is 48.4 Å². The number of benzene rings is 2. The van der Waals surface area contributed by atoms with E-state index in [4.69, 9.17) is 9.47 Å². The smallest absolute Gasteiger partial charge is 0.409 e. The van der Waals surface area contributed by atoms with Crippen LogP contribution < -0.4 is 10.1 Å². The summed E-state index contributed by atoms with van der Waals surface area (Å²) in [4.78, 5) is 37.0. The van der Waals surface area contributed by atoms with Gasteiger partial charge >= 0.3 is 6.09 Å². The minimum atomic E-state index is -0.334. The minimum absolute atomic E-state index is 0.0806. The number of carbonyl (C=O) groups is 2. The Kier molecular flexibility index (Phi) is 7.22. The molecular weight excluding hydrogens is 434 g/mol. The van der Waals surface area contributed by atoms with Crippen LogP contribution >= 0.6 is 0 Å². The second kappa shape index (κ2) is 10.7. The molecule has 2 heterocycles. The number of methoxy groups -OCH3 is 1. The van der Waals surface area contributed by atoms with Crippen molar-refractivity contribution >= 4 is 23.6 Å². The van der Waals surface area contributed by atoms with Gasteiger partial charge in [0.25, 0.3) is 5.91 Å². The van der Waals surface area contributed by atoms with E-state index in [0.29, 0.717) is 50.0 Å². The Labute approximate surface area is 198 Å². The molecule has 1 aromatic heterocycles. The number of rotatable bonds is 6. The van der Waals surface area contributed by atoms with Crippen LogP contribution in [0, 0.1) is 0 Å². The summed E-state index contributed by atoms with van der Waals surface area (Å²) in [6.07, 6.45) is 3.16. The predicted octanol–water partition coefficient (Wildman–Crippen LogP) is 3.81. The average molecular weight is 462 g/mol. The molecular formula is C25H27N5O4. The number of nitrogens with one attached hydrogen (secondary N) is 1. The highest BCUT2D eigenvalue weighted by atomic mass is 16.6. The zero-order chi connectivity index (χ0) is 23.9. The maximum atomic E-state index is 13.0. The Morgan fingerprint density at radius 2 is 1.62 bits per heavy atom. The molecule has 0 radical (unpaired) electrons. The fraction of sp³-hybridized carbons (Fsp3) is 0.280. The fourth-order valence-corrected chi connectivity index (χ4v) is 3.67. The Morgan fingerprint density at radius 3 is 2.26 bits per heavy atom. The van der Waals surface area contributed by atoms with Crippen LogP contribution in [0.3, 0.4) is 0 Å². The Hall–Kier alpha value is -4.14. The number of piperazine rings is 1. The van der Waals surface area contributed by atoms with E-state index in [9.17, 15) is 9.59 Å². The quantitative estimate of drug-likeness (QED) is 0.596. The first kappa shape index (κ1) is 23.0. The van der Waals surface area contributed by atoms with E-state index in [-0.39, 0.29) is 12.0 Å². The molecule has 0 bridgehead atoms. The van der Waals surface area contributed by atoms with Gasteiger partial charge in [0, 0.05) is 55.4 Å². The molecule has 0 aliphatic carbocycles. The molecule has 9 nitrogen and oxygen atoms in total. The molecule has 4 rings (SSSR count). The average Bonchev–Trinajstić information content (AvgIpc) is 2.89. The van der Waals surface area contributed by atoms with Crippen molar-refractivity contribution in [2.45, 2.75) is 6.92 Å². The number of nitrogens with zero attached hydrogens (tertiary/aromatic N) is 4. The van der Waals surface area contributed by atoms with Gasteiger partial charge in [-0.05, 0) is 42.8 Å². The Balaban J connectivity index is 1.38. The topological polar surface area (TPSA) is 96.9 Å². The van der Waals surface area contributed by atoms with Crippen molar-refractivity contribution in [3.63, 3.8) is 0 Å². The molecule has 0 atom stereocenters. The number of carbonyl (C=O) groups excluding carboxylic acids is 2. The first-order chi connectivity index (χ1) is 16.6. The molecule has 2 aromatic carbocycles. The summed E-state index contributed by atoms with van der Waals surface area (Å²) in [5.41, 5.74) is 3.15. The monoisotopic (exact) mass is 461 g/mol. The van der Waals surface area contributed by atoms with Gasteiger partial charge in [-0.2, -0.15) is 0 Å². The molecule has 3 aromatic rings. The summed E-state index contributed by atoms with van der Waals surface area (Å²) >= 11 is 0. The normalized spacial score (nSPS) is 13.4. The number of aromatic nitrogens is 2. The van der Waals surface area contributed by atoms with Gasteiger partial charge in [0.2, 0.25) is 5.95 Å². The van der Waals surface area contributed by atoms with Crippen LogP contribution in [-0.4, -0.2) is 71.7 Å². The highest BCUT2D eigenvalue weighted by molar-refractivity contribution is 5.95. The molecule has 1 aliphatic rings. The van der Waals surface area contributed by atoms with Gasteiger partial charge in [0.1, 0.15) is 5.75 Å². The maximum absolute atomic E-state index is 13.0. The summed E-state index contributed by atoms with van der Waals surface area (Å²) in [5, 5.41) is 3.15. The molecule has 0 saturated carbocycles. The Morgan fingerprint density at radius 1 is 0.941 bits per heavy atom. The maximum Gasteiger partial charge on any atom is 0.409 e.